The van der Waals surface area contributed by atoms with E-state index in [0.29, 0.717) is 6.04 Å². The van der Waals surface area contributed by atoms with Crippen molar-refractivity contribution < 1.29 is 0 Å². The molecule has 1 heterocycles. The van der Waals surface area contributed by atoms with E-state index < -0.39 is 0 Å². The predicted octanol–water partition coefficient (Wildman–Crippen LogP) is 4.58. The van der Waals surface area contributed by atoms with Crippen LogP contribution in [0.4, 0.5) is 0 Å². The number of nitrogens with zero attached hydrogens (tertiary/aromatic N) is 3. The van der Waals surface area contributed by atoms with E-state index in [2.05, 4.69) is 52.9 Å². The van der Waals surface area contributed by atoms with Gasteiger partial charge in [0.05, 0.1) is 0 Å². The Kier molecular flexibility index (Phi) is 3.82. The molecule has 0 unspecified atom stereocenters. The topological polar surface area (TPSA) is 30.7 Å². The van der Waals surface area contributed by atoms with Crippen LogP contribution in [0.15, 0.2) is 60.7 Å². The van der Waals surface area contributed by atoms with Gasteiger partial charge in [0, 0.05) is 17.2 Å². The Bertz CT molecular complexity index is 645. The molecule has 2 aromatic carbocycles. The van der Waals surface area contributed by atoms with E-state index in [4.69, 9.17) is 0 Å². The first-order valence-corrected chi connectivity index (χ1v) is 7.37. The second-order valence-electron chi connectivity index (χ2n) is 5.21. The second-order valence-corrected chi connectivity index (χ2v) is 5.21. The van der Waals surface area contributed by atoms with E-state index in [1.807, 2.05) is 36.4 Å². The van der Waals surface area contributed by atoms with Crippen LogP contribution in [-0.2, 0) is 0 Å². The SMILES string of the molecule is CC[C@H](C)n1c(-c2ccccc2)nnc1-c1ccccc1. The lowest BCUT2D eigenvalue weighted by molar-refractivity contribution is 0.539. The minimum absolute atomic E-state index is 0.352. The molecule has 3 heteroatoms. The van der Waals surface area contributed by atoms with Crippen molar-refractivity contribution in [2.45, 2.75) is 26.3 Å². The molecule has 21 heavy (non-hydrogen) atoms. The summed E-state index contributed by atoms with van der Waals surface area (Å²) < 4.78 is 2.24. The van der Waals surface area contributed by atoms with Crippen LogP contribution in [0.1, 0.15) is 26.3 Å². The van der Waals surface area contributed by atoms with Crippen LogP contribution in [0.3, 0.4) is 0 Å². The average molecular weight is 277 g/mol. The van der Waals surface area contributed by atoms with Gasteiger partial charge >= 0.3 is 0 Å². The van der Waals surface area contributed by atoms with E-state index in [0.717, 1.165) is 29.2 Å². The minimum Gasteiger partial charge on any atom is -0.304 e. The third-order valence-corrected chi connectivity index (χ3v) is 3.79. The maximum atomic E-state index is 4.44. The summed E-state index contributed by atoms with van der Waals surface area (Å²) in [7, 11) is 0. The third kappa shape index (κ3) is 2.59. The molecule has 0 amide bonds. The van der Waals surface area contributed by atoms with Crippen molar-refractivity contribution in [1.29, 1.82) is 0 Å². The summed E-state index contributed by atoms with van der Waals surface area (Å²) in [6, 6.07) is 20.9. The lowest BCUT2D eigenvalue weighted by Crippen LogP contribution is -2.08. The lowest BCUT2D eigenvalue weighted by atomic mass is 10.1. The highest BCUT2D eigenvalue weighted by atomic mass is 15.3. The molecule has 0 bridgehead atoms. The first-order chi connectivity index (χ1) is 10.3. The molecular formula is C18H19N3. The van der Waals surface area contributed by atoms with Gasteiger partial charge in [-0.2, -0.15) is 0 Å². The fraction of sp³-hybridized carbons (Fsp3) is 0.222. The standard InChI is InChI=1S/C18H19N3/c1-3-14(2)21-17(15-10-6-4-7-11-15)19-20-18(21)16-12-8-5-9-13-16/h4-14H,3H2,1-2H3/t14-/m0/s1. The second kappa shape index (κ2) is 5.92. The Balaban J connectivity index is 2.17. The smallest absolute Gasteiger partial charge is 0.164 e. The molecule has 1 atom stereocenters. The lowest BCUT2D eigenvalue weighted by Gasteiger charge is -2.16. The Labute approximate surface area is 125 Å². The molecule has 0 aliphatic heterocycles. The van der Waals surface area contributed by atoms with Crippen LogP contribution >= 0.6 is 0 Å². The summed E-state index contributed by atoms with van der Waals surface area (Å²) >= 11 is 0. The number of benzene rings is 2. The first kappa shape index (κ1) is 13.6. The Morgan fingerprint density at radius 3 is 1.62 bits per heavy atom. The van der Waals surface area contributed by atoms with Crippen LogP contribution in [-0.4, -0.2) is 14.8 Å². The van der Waals surface area contributed by atoms with E-state index in [-0.39, 0.29) is 0 Å². The normalized spacial score (nSPS) is 12.3. The van der Waals surface area contributed by atoms with E-state index in [9.17, 15) is 0 Å². The van der Waals surface area contributed by atoms with Crippen LogP contribution in [0.2, 0.25) is 0 Å². The van der Waals surface area contributed by atoms with E-state index in [1.54, 1.807) is 0 Å². The van der Waals surface area contributed by atoms with Gasteiger partial charge in [0.2, 0.25) is 0 Å². The van der Waals surface area contributed by atoms with Crippen molar-refractivity contribution in [2.24, 2.45) is 0 Å². The molecule has 0 saturated carbocycles. The number of rotatable bonds is 4. The highest BCUT2D eigenvalue weighted by Crippen LogP contribution is 2.29. The quantitative estimate of drug-likeness (QED) is 0.698. The van der Waals surface area contributed by atoms with Crippen LogP contribution in [0.25, 0.3) is 22.8 Å². The molecule has 0 radical (unpaired) electrons. The zero-order valence-corrected chi connectivity index (χ0v) is 12.4. The maximum absolute atomic E-state index is 4.44. The molecule has 0 saturated heterocycles. The highest BCUT2D eigenvalue weighted by molar-refractivity contribution is 5.62. The monoisotopic (exact) mass is 277 g/mol. The van der Waals surface area contributed by atoms with Gasteiger partial charge in [-0.15, -0.1) is 10.2 Å². The zero-order chi connectivity index (χ0) is 14.7. The van der Waals surface area contributed by atoms with Gasteiger partial charge in [0.1, 0.15) is 0 Å². The van der Waals surface area contributed by atoms with Crippen LogP contribution in [0, 0.1) is 0 Å². The van der Waals surface area contributed by atoms with Gasteiger partial charge < -0.3 is 4.57 Å². The molecule has 0 spiro atoms. The van der Waals surface area contributed by atoms with Crippen molar-refractivity contribution in [2.75, 3.05) is 0 Å². The molecular weight excluding hydrogens is 258 g/mol. The largest absolute Gasteiger partial charge is 0.304 e. The summed E-state index contributed by atoms with van der Waals surface area (Å²) in [6.07, 6.45) is 1.04. The fourth-order valence-corrected chi connectivity index (χ4v) is 2.46. The van der Waals surface area contributed by atoms with Gasteiger partial charge in [-0.3, -0.25) is 0 Å². The molecule has 0 aliphatic carbocycles. The molecule has 3 aromatic rings. The Morgan fingerprint density at radius 2 is 1.24 bits per heavy atom. The predicted molar refractivity (Wildman–Crippen MR) is 85.9 cm³/mol. The van der Waals surface area contributed by atoms with Crippen LogP contribution in [0.5, 0.6) is 0 Å². The number of hydrogen-bond acceptors (Lipinski definition) is 2. The number of hydrogen-bond donors (Lipinski definition) is 0. The molecule has 3 rings (SSSR count). The van der Waals surface area contributed by atoms with Crippen molar-refractivity contribution in [1.82, 2.24) is 14.8 Å². The van der Waals surface area contributed by atoms with Gasteiger partial charge in [-0.25, -0.2) is 0 Å². The summed E-state index contributed by atoms with van der Waals surface area (Å²) in [4.78, 5) is 0. The number of aromatic nitrogens is 3. The summed E-state index contributed by atoms with van der Waals surface area (Å²) in [6.45, 7) is 4.40. The molecule has 0 aliphatic rings. The molecule has 1 aromatic heterocycles. The highest BCUT2D eigenvalue weighted by Gasteiger charge is 2.18. The van der Waals surface area contributed by atoms with Crippen LogP contribution < -0.4 is 0 Å². The zero-order valence-electron chi connectivity index (χ0n) is 12.4. The van der Waals surface area contributed by atoms with E-state index in [1.165, 1.54) is 0 Å². The van der Waals surface area contributed by atoms with Crippen molar-refractivity contribution in [3.8, 4) is 22.8 Å². The summed E-state index contributed by atoms with van der Waals surface area (Å²) in [5.41, 5.74) is 2.21. The molecule has 0 fully saturated rings. The molecule has 106 valence electrons. The Morgan fingerprint density at radius 1 is 0.810 bits per heavy atom. The van der Waals surface area contributed by atoms with Gasteiger partial charge in [0.15, 0.2) is 11.6 Å². The minimum atomic E-state index is 0.352. The summed E-state index contributed by atoms with van der Waals surface area (Å²) in [5.74, 6) is 1.87. The van der Waals surface area contributed by atoms with Gasteiger partial charge in [-0.1, -0.05) is 67.6 Å². The molecule has 3 nitrogen and oxygen atoms in total. The first-order valence-electron chi connectivity index (χ1n) is 7.37. The summed E-state index contributed by atoms with van der Waals surface area (Å²) in [5, 5.41) is 8.89. The van der Waals surface area contributed by atoms with Crippen molar-refractivity contribution >= 4 is 0 Å². The Hall–Kier alpha value is -2.42. The maximum Gasteiger partial charge on any atom is 0.164 e. The molecule has 0 N–H and O–H groups in total. The van der Waals surface area contributed by atoms with Gasteiger partial charge in [-0.05, 0) is 13.3 Å². The van der Waals surface area contributed by atoms with E-state index >= 15 is 0 Å². The fourth-order valence-electron chi connectivity index (χ4n) is 2.46. The average Bonchev–Trinajstić information content (AvgIpc) is 3.00. The van der Waals surface area contributed by atoms with Gasteiger partial charge in [0.25, 0.3) is 0 Å². The third-order valence-electron chi connectivity index (χ3n) is 3.79. The van der Waals surface area contributed by atoms with Crippen molar-refractivity contribution in [3.63, 3.8) is 0 Å². The van der Waals surface area contributed by atoms with Crippen molar-refractivity contribution in [3.05, 3.63) is 60.7 Å².